The Kier molecular flexibility index (Phi) is 2.30. The molecule has 72 valence electrons. The van der Waals surface area contributed by atoms with E-state index in [1.54, 1.807) is 0 Å². The monoisotopic (exact) mass is 244 g/mol. The predicted octanol–water partition coefficient (Wildman–Crippen LogP) is 2.24. The lowest BCUT2D eigenvalue weighted by Crippen LogP contribution is -2.43. The van der Waals surface area contributed by atoms with Gasteiger partial charge >= 0.3 is 0 Å². The van der Waals surface area contributed by atoms with Gasteiger partial charge in [0.15, 0.2) is 0 Å². The number of Topliss-reactive ketones (excluding diaryl/α,β-unsaturated/α-hetero) is 2. The van der Waals surface area contributed by atoms with E-state index in [-0.39, 0.29) is 16.4 Å². The number of ketones is 2. The highest BCUT2D eigenvalue weighted by Gasteiger charge is 2.54. The van der Waals surface area contributed by atoms with E-state index >= 15 is 0 Å². The molecule has 0 aliphatic heterocycles. The summed E-state index contributed by atoms with van der Waals surface area (Å²) >= 11 is 3.51. The lowest BCUT2D eigenvalue weighted by Gasteiger charge is -2.35. The molecule has 2 saturated carbocycles. The van der Waals surface area contributed by atoms with Crippen LogP contribution < -0.4 is 0 Å². The van der Waals surface area contributed by atoms with Crippen molar-refractivity contribution in [1.29, 1.82) is 0 Å². The fourth-order valence-corrected chi connectivity index (χ4v) is 3.65. The molecule has 1 spiro atoms. The van der Waals surface area contributed by atoms with Crippen molar-refractivity contribution in [3.05, 3.63) is 0 Å². The molecule has 1 atom stereocenters. The van der Waals surface area contributed by atoms with Crippen molar-refractivity contribution in [3.8, 4) is 0 Å². The first-order chi connectivity index (χ1) is 6.18. The highest BCUT2D eigenvalue weighted by Crippen LogP contribution is 2.47. The smallest absolute Gasteiger partial charge is 0.147 e. The maximum absolute atomic E-state index is 11.7. The normalized spacial score (nSPS) is 32.8. The van der Waals surface area contributed by atoms with Crippen LogP contribution in [0.2, 0.25) is 0 Å². The minimum atomic E-state index is -0.613. The predicted molar refractivity (Wildman–Crippen MR) is 52.9 cm³/mol. The summed E-state index contributed by atoms with van der Waals surface area (Å²) in [7, 11) is 0. The Morgan fingerprint density at radius 2 is 1.77 bits per heavy atom. The lowest BCUT2D eigenvalue weighted by atomic mass is 9.71. The highest BCUT2D eigenvalue weighted by atomic mass is 79.9. The fraction of sp³-hybridized carbons (Fsp3) is 0.800. The number of hydrogen-bond donors (Lipinski definition) is 0. The summed E-state index contributed by atoms with van der Waals surface area (Å²) in [5, 5.41) is 0. The van der Waals surface area contributed by atoms with Crippen LogP contribution in [0.3, 0.4) is 0 Å². The second-order valence-electron chi connectivity index (χ2n) is 4.03. The summed E-state index contributed by atoms with van der Waals surface area (Å²) in [4.78, 5) is 23.5. The molecule has 0 aromatic carbocycles. The van der Waals surface area contributed by atoms with Gasteiger partial charge in [-0.2, -0.15) is 0 Å². The maximum atomic E-state index is 11.7. The van der Waals surface area contributed by atoms with E-state index in [1.807, 2.05) is 0 Å². The van der Waals surface area contributed by atoms with Crippen molar-refractivity contribution < 1.29 is 9.59 Å². The molecule has 0 N–H and O–H groups in total. The Labute approximate surface area is 86.2 Å². The molecule has 2 aliphatic rings. The number of halogens is 1. The van der Waals surface area contributed by atoms with Crippen LogP contribution >= 0.6 is 15.9 Å². The van der Waals surface area contributed by atoms with Gasteiger partial charge in [-0.05, 0) is 12.8 Å². The largest absolute Gasteiger partial charge is 0.299 e. The van der Waals surface area contributed by atoms with E-state index in [0.29, 0.717) is 12.8 Å². The Morgan fingerprint density at radius 3 is 2.31 bits per heavy atom. The number of rotatable bonds is 0. The molecule has 13 heavy (non-hydrogen) atoms. The molecule has 0 heterocycles. The molecule has 0 saturated heterocycles. The Bertz CT molecular complexity index is 244. The van der Waals surface area contributed by atoms with Gasteiger partial charge in [0.05, 0.1) is 5.41 Å². The van der Waals surface area contributed by atoms with Crippen LogP contribution in [-0.4, -0.2) is 16.4 Å². The summed E-state index contributed by atoms with van der Waals surface area (Å²) in [5.74, 6) is 0.359. The van der Waals surface area contributed by atoms with E-state index in [9.17, 15) is 9.59 Å². The van der Waals surface area contributed by atoms with Crippen molar-refractivity contribution in [3.63, 3.8) is 0 Å². The van der Waals surface area contributed by atoms with Gasteiger partial charge in [-0.25, -0.2) is 0 Å². The summed E-state index contributed by atoms with van der Waals surface area (Å²) in [6.45, 7) is 0. The third-order valence-corrected chi connectivity index (χ3v) is 4.63. The minimum absolute atomic E-state index is 0.108. The maximum Gasteiger partial charge on any atom is 0.147 e. The second kappa shape index (κ2) is 3.19. The van der Waals surface area contributed by atoms with Gasteiger partial charge in [0, 0.05) is 17.7 Å². The van der Waals surface area contributed by atoms with Gasteiger partial charge in [-0.1, -0.05) is 28.8 Å². The average Bonchev–Trinajstić information content (AvgIpc) is 2.39. The molecule has 2 nitrogen and oxygen atoms in total. The van der Waals surface area contributed by atoms with E-state index in [4.69, 9.17) is 0 Å². The van der Waals surface area contributed by atoms with Crippen LogP contribution in [0, 0.1) is 5.41 Å². The van der Waals surface area contributed by atoms with E-state index in [2.05, 4.69) is 15.9 Å². The van der Waals surface area contributed by atoms with Gasteiger partial charge < -0.3 is 0 Å². The summed E-state index contributed by atoms with van der Waals surface area (Å²) in [6.07, 6.45) is 4.86. The zero-order valence-corrected chi connectivity index (χ0v) is 9.10. The quantitative estimate of drug-likeness (QED) is 0.484. The van der Waals surface area contributed by atoms with Crippen LogP contribution in [0.4, 0.5) is 0 Å². The Balaban J connectivity index is 2.34. The molecule has 0 aromatic heterocycles. The number of carbonyl (C=O) groups is 2. The minimum Gasteiger partial charge on any atom is -0.299 e. The molecule has 0 radical (unpaired) electrons. The molecule has 3 heteroatoms. The first-order valence-electron chi connectivity index (χ1n) is 4.88. The number of alkyl halides is 1. The topological polar surface area (TPSA) is 34.1 Å². The molecule has 0 aromatic rings. The molecule has 2 fully saturated rings. The van der Waals surface area contributed by atoms with Crippen LogP contribution in [0.1, 0.15) is 38.5 Å². The molecule has 0 amide bonds. The second-order valence-corrected chi connectivity index (χ2v) is 5.14. The molecular formula is C10H13BrO2. The van der Waals surface area contributed by atoms with Crippen molar-refractivity contribution in [1.82, 2.24) is 0 Å². The zero-order chi connectivity index (χ0) is 9.47. The van der Waals surface area contributed by atoms with Crippen LogP contribution in [0.5, 0.6) is 0 Å². The first-order valence-corrected chi connectivity index (χ1v) is 5.80. The summed E-state index contributed by atoms with van der Waals surface area (Å²) in [6, 6.07) is 0. The molecule has 1 unspecified atom stereocenters. The van der Waals surface area contributed by atoms with Gasteiger partial charge in [0.2, 0.25) is 0 Å². The zero-order valence-electron chi connectivity index (χ0n) is 7.51. The molecule has 0 bridgehead atoms. The van der Waals surface area contributed by atoms with Crippen LogP contribution in [0.15, 0.2) is 0 Å². The van der Waals surface area contributed by atoms with E-state index in [0.717, 1.165) is 25.7 Å². The van der Waals surface area contributed by atoms with Crippen molar-refractivity contribution in [2.45, 2.75) is 43.4 Å². The fourth-order valence-electron chi connectivity index (χ4n) is 2.59. The van der Waals surface area contributed by atoms with Crippen molar-refractivity contribution in [2.24, 2.45) is 5.41 Å². The van der Waals surface area contributed by atoms with Gasteiger partial charge in [-0.3, -0.25) is 9.59 Å². The SMILES string of the molecule is O=C1CCC(=O)C12CCCCC2Br. The van der Waals surface area contributed by atoms with Crippen molar-refractivity contribution in [2.75, 3.05) is 0 Å². The van der Waals surface area contributed by atoms with Crippen molar-refractivity contribution >= 4 is 27.5 Å². The number of carbonyl (C=O) groups excluding carboxylic acids is 2. The Morgan fingerprint density at radius 1 is 1.15 bits per heavy atom. The number of hydrogen-bond acceptors (Lipinski definition) is 2. The van der Waals surface area contributed by atoms with Gasteiger partial charge in [0.1, 0.15) is 11.6 Å². The third-order valence-electron chi connectivity index (χ3n) is 3.39. The lowest BCUT2D eigenvalue weighted by molar-refractivity contribution is -0.136. The highest BCUT2D eigenvalue weighted by molar-refractivity contribution is 9.09. The van der Waals surface area contributed by atoms with Gasteiger partial charge in [-0.15, -0.1) is 0 Å². The Hall–Kier alpha value is -0.180. The van der Waals surface area contributed by atoms with E-state index in [1.165, 1.54) is 0 Å². The average molecular weight is 245 g/mol. The van der Waals surface area contributed by atoms with Crippen LogP contribution in [0.25, 0.3) is 0 Å². The molecule has 2 aliphatic carbocycles. The van der Waals surface area contributed by atoms with Crippen LogP contribution in [-0.2, 0) is 9.59 Å². The standard InChI is InChI=1S/C10H13BrO2/c11-7-3-1-2-6-10(7)8(12)4-5-9(10)13/h7H,1-6H2. The van der Waals surface area contributed by atoms with E-state index < -0.39 is 5.41 Å². The summed E-state index contributed by atoms with van der Waals surface area (Å²) in [5.41, 5.74) is -0.613. The third kappa shape index (κ3) is 1.20. The first kappa shape index (κ1) is 9.38. The van der Waals surface area contributed by atoms with Gasteiger partial charge in [0.25, 0.3) is 0 Å². The summed E-state index contributed by atoms with van der Waals surface area (Å²) < 4.78 is 0. The molecular weight excluding hydrogens is 232 g/mol. The molecule has 2 rings (SSSR count).